The van der Waals surface area contributed by atoms with Gasteiger partial charge in [0.05, 0.1) is 13.2 Å². The number of carbonyl (C=O) groups excluding carboxylic acids is 2. The fourth-order valence-corrected chi connectivity index (χ4v) is 2.88. The van der Waals surface area contributed by atoms with Gasteiger partial charge in [-0.05, 0) is 13.3 Å². The molecule has 0 heterocycles. The fourth-order valence-electron chi connectivity index (χ4n) is 2.88. The molecule has 2 atom stereocenters. The van der Waals surface area contributed by atoms with E-state index in [1.807, 2.05) is 0 Å². The smallest absolute Gasteiger partial charge is 0.331 e. The second kappa shape index (κ2) is 16.4. The van der Waals surface area contributed by atoms with Crippen LogP contribution < -0.4 is 5.32 Å². The van der Waals surface area contributed by atoms with Crippen LogP contribution >= 0.6 is 0 Å². The zero-order valence-corrected chi connectivity index (χ0v) is 16.5. The Bertz CT molecular complexity index is 345. The third-order valence-electron chi connectivity index (χ3n) is 4.51. The number of esters is 1. The van der Waals surface area contributed by atoms with E-state index in [9.17, 15) is 14.7 Å². The van der Waals surface area contributed by atoms with Crippen molar-refractivity contribution in [3.8, 4) is 0 Å². The van der Waals surface area contributed by atoms with Crippen LogP contribution in [0.3, 0.4) is 0 Å². The van der Waals surface area contributed by atoms with Crippen LogP contribution in [-0.4, -0.2) is 36.2 Å². The van der Waals surface area contributed by atoms with E-state index in [-0.39, 0.29) is 5.91 Å². The summed E-state index contributed by atoms with van der Waals surface area (Å²) in [6, 6.07) is -0.977. The summed E-state index contributed by atoms with van der Waals surface area (Å²) in [5.74, 6) is -0.818. The standard InChI is InChI=1S/C20H39NO4/c1-4-5-6-7-8-9-10-11-12-13-14-15-16-18(23)21-19(17(2)22)20(24)25-3/h17,19,22H,4-16H2,1-3H3,(H,21,23)/t17-,19+/m1/s1. The van der Waals surface area contributed by atoms with Crippen molar-refractivity contribution < 1.29 is 19.4 Å². The van der Waals surface area contributed by atoms with Crippen molar-refractivity contribution in [3.05, 3.63) is 0 Å². The summed E-state index contributed by atoms with van der Waals surface area (Å²) in [5.41, 5.74) is 0. The van der Waals surface area contributed by atoms with Crippen LogP contribution in [0.2, 0.25) is 0 Å². The number of aliphatic hydroxyl groups excluding tert-OH is 1. The Kier molecular flexibility index (Phi) is 15.7. The summed E-state index contributed by atoms with van der Waals surface area (Å²) in [4.78, 5) is 23.3. The number of hydrogen-bond acceptors (Lipinski definition) is 4. The van der Waals surface area contributed by atoms with E-state index >= 15 is 0 Å². The minimum Gasteiger partial charge on any atom is -0.467 e. The molecule has 0 aliphatic carbocycles. The molecule has 148 valence electrons. The average molecular weight is 358 g/mol. The van der Waals surface area contributed by atoms with Crippen molar-refractivity contribution in [2.45, 2.75) is 109 Å². The highest BCUT2D eigenvalue weighted by atomic mass is 16.5. The van der Waals surface area contributed by atoms with Crippen LogP contribution in [0.1, 0.15) is 97.3 Å². The first-order valence-electron chi connectivity index (χ1n) is 10.1. The molecule has 0 aliphatic rings. The number of ether oxygens (including phenoxy) is 1. The highest BCUT2D eigenvalue weighted by Gasteiger charge is 2.25. The van der Waals surface area contributed by atoms with Gasteiger partial charge in [0.1, 0.15) is 0 Å². The predicted octanol–water partition coefficient (Wildman–Crippen LogP) is 4.12. The number of unbranched alkanes of at least 4 members (excludes halogenated alkanes) is 11. The Balaban J connectivity index is 3.52. The Morgan fingerprint density at radius 3 is 1.72 bits per heavy atom. The fraction of sp³-hybridized carbons (Fsp3) is 0.900. The van der Waals surface area contributed by atoms with E-state index in [1.165, 1.54) is 71.8 Å². The molecule has 0 bridgehead atoms. The lowest BCUT2D eigenvalue weighted by atomic mass is 10.0. The van der Waals surface area contributed by atoms with E-state index in [1.54, 1.807) is 0 Å². The molecule has 0 aromatic carbocycles. The van der Waals surface area contributed by atoms with Crippen molar-refractivity contribution in [2.24, 2.45) is 0 Å². The second-order valence-electron chi connectivity index (χ2n) is 6.95. The number of rotatable bonds is 16. The first-order valence-corrected chi connectivity index (χ1v) is 10.1. The minimum atomic E-state index is -0.977. The van der Waals surface area contributed by atoms with Gasteiger partial charge in [-0.3, -0.25) is 4.79 Å². The van der Waals surface area contributed by atoms with Gasteiger partial charge in [0.15, 0.2) is 6.04 Å². The highest BCUT2D eigenvalue weighted by Crippen LogP contribution is 2.12. The summed E-state index contributed by atoms with van der Waals surface area (Å²) in [6.45, 7) is 3.71. The quantitative estimate of drug-likeness (QED) is 0.322. The van der Waals surface area contributed by atoms with Crippen molar-refractivity contribution in [2.75, 3.05) is 7.11 Å². The van der Waals surface area contributed by atoms with E-state index < -0.39 is 18.1 Å². The molecule has 0 spiro atoms. The molecule has 0 fully saturated rings. The van der Waals surface area contributed by atoms with Gasteiger partial charge >= 0.3 is 5.97 Å². The lowest BCUT2D eigenvalue weighted by Gasteiger charge is -2.18. The average Bonchev–Trinajstić information content (AvgIpc) is 2.59. The van der Waals surface area contributed by atoms with Gasteiger partial charge in [-0.1, -0.05) is 77.6 Å². The number of methoxy groups -OCH3 is 1. The van der Waals surface area contributed by atoms with Crippen LogP contribution in [0.15, 0.2) is 0 Å². The van der Waals surface area contributed by atoms with Crippen molar-refractivity contribution in [1.29, 1.82) is 0 Å². The summed E-state index contributed by atoms with van der Waals surface area (Å²) >= 11 is 0. The molecule has 0 radical (unpaired) electrons. The van der Waals surface area contributed by atoms with Crippen LogP contribution in [0.5, 0.6) is 0 Å². The predicted molar refractivity (Wildman–Crippen MR) is 101 cm³/mol. The van der Waals surface area contributed by atoms with Crippen LogP contribution in [0.25, 0.3) is 0 Å². The summed E-state index contributed by atoms with van der Waals surface area (Å²) in [5, 5.41) is 12.1. The number of carbonyl (C=O) groups is 2. The molecule has 0 aromatic heterocycles. The second-order valence-corrected chi connectivity index (χ2v) is 6.95. The van der Waals surface area contributed by atoms with Gasteiger partial charge in [0, 0.05) is 6.42 Å². The third-order valence-corrected chi connectivity index (χ3v) is 4.51. The van der Waals surface area contributed by atoms with E-state index in [4.69, 9.17) is 0 Å². The monoisotopic (exact) mass is 357 g/mol. The zero-order valence-electron chi connectivity index (χ0n) is 16.5. The molecule has 5 heteroatoms. The Morgan fingerprint density at radius 2 is 1.32 bits per heavy atom. The Labute approximate surface area is 153 Å². The molecule has 0 aliphatic heterocycles. The van der Waals surface area contributed by atoms with Crippen molar-refractivity contribution >= 4 is 11.9 Å². The molecule has 0 aromatic rings. The Hall–Kier alpha value is -1.10. The lowest BCUT2D eigenvalue weighted by Crippen LogP contribution is -2.48. The molecule has 0 saturated heterocycles. The minimum absolute atomic E-state index is 0.205. The summed E-state index contributed by atoms with van der Waals surface area (Å²) < 4.78 is 4.58. The van der Waals surface area contributed by atoms with Gasteiger partial charge in [0.2, 0.25) is 5.91 Å². The number of hydrogen-bond donors (Lipinski definition) is 2. The normalized spacial score (nSPS) is 13.3. The highest BCUT2D eigenvalue weighted by molar-refractivity contribution is 5.84. The van der Waals surface area contributed by atoms with Crippen molar-refractivity contribution in [1.82, 2.24) is 5.32 Å². The summed E-state index contributed by atoms with van der Waals surface area (Å²) in [6.07, 6.45) is 14.4. The molecular weight excluding hydrogens is 318 g/mol. The maximum Gasteiger partial charge on any atom is 0.331 e. The first-order chi connectivity index (χ1) is 12.0. The molecule has 0 rings (SSSR count). The molecule has 0 unspecified atom stereocenters. The maximum atomic E-state index is 11.8. The molecule has 5 nitrogen and oxygen atoms in total. The zero-order chi connectivity index (χ0) is 18.9. The molecular formula is C20H39NO4. The first kappa shape index (κ1) is 23.9. The number of aliphatic hydroxyl groups is 1. The van der Waals surface area contributed by atoms with Crippen LogP contribution in [0, 0.1) is 0 Å². The molecule has 25 heavy (non-hydrogen) atoms. The number of amides is 1. The topological polar surface area (TPSA) is 75.6 Å². The molecule has 0 saturated carbocycles. The third kappa shape index (κ3) is 13.8. The maximum absolute atomic E-state index is 11.8. The van der Waals surface area contributed by atoms with Crippen LogP contribution in [-0.2, 0) is 14.3 Å². The number of nitrogens with one attached hydrogen (secondary N) is 1. The van der Waals surface area contributed by atoms with Crippen LogP contribution in [0.4, 0.5) is 0 Å². The van der Waals surface area contributed by atoms with E-state index in [2.05, 4.69) is 17.0 Å². The Morgan fingerprint density at radius 1 is 0.880 bits per heavy atom. The largest absolute Gasteiger partial charge is 0.467 e. The van der Waals surface area contributed by atoms with Gasteiger partial charge in [0.25, 0.3) is 0 Å². The van der Waals surface area contributed by atoms with Crippen molar-refractivity contribution in [3.63, 3.8) is 0 Å². The van der Waals surface area contributed by atoms with E-state index in [0.29, 0.717) is 6.42 Å². The molecule has 1 amide bonds. The summed E-state index contributed by atoms with van der Waals surface area (Å²) in [7, 11) is 1.25. The SMILES string of the molecule is CCCCCCCCCCCCCCC(=O)N[C@H](C(=O)OC)[C@@H](C)O. The van der Waals surface area contributed by atoms with Gasteiger partial charge < -0.3 is 15.2 Å². The van der Waals surface area contributed by atoms with Gasteiger partial charge in [-0.25, -0.2) is 4.79 Å². The van der Waals surface area contributed by atoms with Gasteiger partial charge in [-0.2, -0.15) is 0 Å². The lowest BCUT2D eigenvalue weighted by molar-refractivity contribution is -0.148. The van der Waals surface area contributed by atoms with Gasteiger partial charge in [-0.15, -0.1) is 0 Å². The van der Waals surface area contributed by atoms with E-state index in [0.717, 1.165) is 19.3 Å². The molecule has 2 N–H and O–H groups in total.